The van der Waals surface area contributed by atoms with Gasteiger partial charge < -0.3 is 9.40 Å². The van der Waals surface area contributed by atoms with Gasteiger partial charge in [-0.25, -0.2) is 4.98 Å². The molecule has 2 aromatic heterocycles. The van der Waals surface area contributed by atoms with Gasteiger partial charge in [-0.2, -0.15) is 0 Å². The van der Waals surface area contributed by atoms with Crippen LogP contribution in [0, 0.1) is 4.64 Å². The Morgan fingerprint density at radius 3 is 3.00 bits per heavy atom. The standard InChI is InChI=1S/C11H10N2OS/c15-10-5-9(8-3-4-14-6-8)12-11(13-10)7-1-2-7/h3-7H,1-2H2,(H,12,13,15). The maximum absolute atomic E-state index is 5.15. The van der Waals surface area contributed by atoms with Gasteiger partial charge in [-0.05, 0) is 25.0 Å². The molecule has 2 aromatic rings. The molecule has 1 saturated carbocycles. The lowest BCUT2D eigenvalue weighted by Gasteiger charge is -2.02. The third-order valence-corrected chi connectivity index (χ3v) is 2.77. The van der Waals surface area contributed by atoms with Crippen molar-refractivity contribution in [2.45, 2.75) is 18.8 Å². The molecule has 0 unspecified atom stereocenters. The van der Waals surface area contributed by atoms with Gasteiger partial charge in [-0.3, -0.25) is 0 Å². The van der Waals surface area contributed by atoms with Gasteiger partial charge in [0.1, 0.15) is 10.5 Å². The van der Waals surface area contributed by atoms with E-state index in [4.69, 9.17) is 16.6 Å². The van der Waals surface area contributed by atoms with Crippen LogP contribution < -0.4 is 0 Å². The Bertz CT molecular complexity index is 526. The molecule has 4 heteroatoms. The van der Waals surface area contributed by atoms with Crippen molar-refractivity contribution in [1.29, 1.82) is 0 Å². The Hall–Kier alpha value is -1.42. The smallest absolute Gasteiger partial charge is 0.130 e. The van der Waals surface area contributed by atoms with E-state index in [1.807, 2.05) is 12.1 Å². The molecule has 0 saturated heterocycles. The van der Waals surface area contributed by atoms with Crippen molar-refractivity contribution in [2.75, 3.05) is 0 Å². The van der Waals surface area contributed by atoms with Crippen LogP contribution >= 0.6 is 12.2 Å². The summed E-state index contributed by atoms with van der Waals surface area (Å²) in [6, 6.07) is 3.78. The maximum Gasteiger partial charge on any atom is 0.130 e. The van der Waals surface area contributed by atoms with E-state index in [0.717, 1.165) is 17.1 Å². The lowest BCUT2D eigenvalue weighted by Crippen LogP contribution is -1.94. The Morgan fingerprint density at radius 2 is 2.33 bits per heavy atom. The van der Waals surface area contributed by atoms with Crippen molar-refractivity contribution >= 4 is 12.2 Å². The summed E-state index contributed by atoms with van der Waals surface area (Å²) in [5.74, 6) is 1.59. The van der Waals surface area contributed by atoms with Crippen LogP contribution in [0.3, 0.4) is 0 Å². The highest BCUT2D eigenvalue weighted by Gasteiger charge is 2.26. The molecule has 2 heterocycles. The largest absolute Gasteiger partial charge is 0.472 e. The second-order valence-electron chi connectivity index (χ2n) is 3.80. The number of hydrogen-bond donors (Lipinski definition) is 1. The van der Waals surface area contributed by atoms with E-state index >= 15 is 0 Å². The van der Waals surface area contributed by atoms with E-state index < -0.39 is 0 Å². The highest BCUT2D eigenvalue weighted by molar-refractivity contribution is 7.71. The normalized spacial score (nSPS) is 15.5. The Morgan fingerprint density at radius 1 is 1.47 bits per heavy atom. The summed E-state index contributed by atoms with van der Waals surface area (Å²) >= 11 is 5.15. The molecule has 0 radical (unpaired) electrons. The first kappa shape index (κ1) is 8.85. The molecule has 1 N–H and O–H groups in total. The molecule has 0 aliphatic heterocycles. The molecule has 0 atom stereocenters. The molecule has 0 spiro atoms. The summed E-state index contributed by atoms with van der Waals surface area (Å²) in [5, 5.41) is 0. The molecule has 0 bridgehead atoms. The van der Waals surface area contributed by atoms with Gasteiger partial charge in [-0.1, -0.05) is 12.2 Å². The van der Waals surface area contributed by atoms with Crippen LogP contribution in [-0.2, 0) is 0 Å². The zero-order valence-corrected chi connectivity index (χ0v) is 8.88. The van der Waals surface area contributed by atoms with E-state index in [9.17, 15) is 0 Å². The van der Waals surface area contributed by atoms with Crippen molar-refractivity contribution in [3.8, 4) is 11.3 Å². The first-order valence-electron chi connectivity index (χ1n) is 4.97. The van der Waals surface area contributed by atoms with Gasteiger partial charge in [0.05, 0.1) is 18.2 Å². The van der Waals surface area contributed by atoms with Crippen LogP contribution in [0.5, 0.6) is 0 Å². The molecular formula is C11H10N2OS. The van der Waals surface area contributed by atoms with E-state index in [-0.39, 0.29) is 0 Å². The van der Waals surface area contributed by atoms with Crippen LogP contribution in [0.1, 0.15) is 24.6 Å². The fourth-order valence-electron chi connectivity index (χ4n) is 1.60. The minimum Gasteiger partial charge on any atom is -0.472 e. The SMILES string of the molecule is S=c1cc(-c2ccoc2)[nH]c(C2CC2)n1. The van der Waals surface area contributed by atoms with Crippen LogP contribution in [0.25, 0.3) is 11.3 Å². The van der Waals surface area contributed by atoms with E-state index in [1.54, 1.807) is 12.5 Å². The second-order valence-corrected chi connectivity index (χ2v) is 4.22. The van der Waals surface area contributed by atoms with Gasteiger partial charge in [0.15, 0.2) is 0 Å². The van der Waals surface area contributed by atoms with Gasteiger partial charge in [0.2, 0.25) is 0 Å². The summed E-state index contributed by atoms with van der Waals surface area (Å²) in [6.45, 7) is 0. The molecule has 15 heavy (non-hydrogen) atoms. The number of aromatic nitrogens is 2. The minimum atomic E-state index is 0.582. The first-order valence-corrected chi connectivity index (χ1v) is 5.37. The zero-order chi connectivity index (χ0) is 10.3. The molecule has 1 aliphatic rings. The third kappa shape index (κ3) is 1.72. The molecule has 3 rings (SSSR count). The van der Waals surface area contributed by atoms with Gasteiger partial charge >= 0.3 is 0 Å². The van der Waals surface area contributed by atoms with Crippen LogP contribution in [0.15, 0.2) is 29.1 Å². The van der Waals surface area contributed by atoms with Crippen molar-refractivity contribution < 1.29 is 4.42 Å². The Balaban J connectivity index is 2.11. The fraction of sp³-hybridized carbons (Fsp3) is 0.273. The Labute approximate surface area is 92.2 Å². The number of rotatable bonds is 2. The van der Waals surface area contributed by atoms with E-state index in [1.165, 1.54) is 12.8 Å². The highest BCUT2D eigenvalue weighted by atomic mass is 32.1. The molecule has 1 aliphatic carbocycles. The molecular weight excluding hydrogens is 208 g/mol. The van der Waals surface area contributed by atoms with Crippen LogP contribution in [0.2, 0.25) is 0 Å². The van der Waals surface area contributed by atoms with Gasteiger partial charge in [-0.15, -0.1) is 0 Å². The minimum absolute atomic E-state index is 0.582. The summed E-state index contributed by atoms with van der Waals surface area (Å²) in [5.41, 5.74) is 2.01. The lowest BCUT2D eigenvalue weighted by atomic mass is 10.2. The summed E-state index contributed by atoms with van der Waals surface area (Å²) < 4.78 is 5.70. The molecule has 0 amide bonds. The Kier molecular flexibility index (Phi) is 1.95. The van der Waals surface area contributed by atoms with Crippen LogP contribution in [0.4, 0.5) is 0 Å². The molecule has 0 aromatic carbocycles. The van der Waals surface area contributed by atoms with Crippen LogP contribution in [-0.4, -0.2) is 9.97 Å². The second kappa shape index (κ2) is 3.31. The van der Waals surface area contributed by atoms with Gasteiger partial charge in [0, 0.05) is 11.5 Å². The summed E-state index contributed by atoms with van der Waals surface area (Å²) in [4.78, 5) is 7.65. The number of nitrogens with one attached hydrogen (secondary N) is 1. The maximum atomic E-state index is 5.15. The topological polar surface area (TPSA) is 41.8 Å². The monoisotopic (exact) mass is 218 g/mol. The van der Waals surface area contributed by atoms with Crippen molar-refractivity contribution in [2.24, 2.45) is 0 Å². The fourth-order valence-corrected chi connectivity index (χ4v) is 1.82. The number of nitrogens with zero attached hydrogens (tertiary/aromatic N) is 1. The molecule has 76 valence electrons. The van der Waals surface area contributed by atoms with Crippen molar-refractivity contribution in [3.63, 3.8) is 0 Å². The number of H-pyrrole nitrogens is 1. The highest BCUT2D eigenvalue weighted by Crippen LogP contribution is 2.38. The number of hydrogen-bond acceptors (Lipinski definition) is 3. The summed E-state index contributed by atoms with van der Waals surface area (Å²) in [6.07, 6.45) is 5.79. The molecule has 3 nitrogen and oxygen atoms in total. The number of aromatic amines is 1. The van der Waals surface area contributed by atoms with Crippen molar-refractivity contribution in [3.05, 3.63) is 35.1 Å². The number of furan rings is 1. The van der Waals surface area contributed by atoms with E-state index in [2.05, 4.69) is 9.97 Å². The first-order chi connectivity index (χ1) is 7.33. The summed E-state index contributed by atoms with van der Waals surface area (Å²) in [7, 11) is 0. The van der Waals surface area contributed by atoms with Gasteiger partial charge in [0.25, 0.3) is 0 Å². The lowest BCUT2D eigenvalue weighted by molar-refractivity contribution is 0.568. The zero-order valence-electron chi connectivity index (χ0n) is 8.06. The van der Waals surface area contributed by atoms with E-state index in [0.29, 0.717) is 10.6 Å². The average molecular weight is 218 g/mol. The van der Waals surface area contributed by atoms with Crippen molar-refractivity contribution in [1.82, 2.24) is 9.97 Å². The average Bonchev–Trinajstić information content (AvgIpc) is 2.93. The third-order valence-electron chi connectivity index (χ3n) is 2.56. The quantitative estimate of drug-likeness (QED) is 0.786. The molecule has 1 fully saturated rings. The predicted molar refractivity (Wildman–Crippen MR) is 59.1 cm³/mol. The predicted octanol–water partition coefficient (Wildman–Crippen LogP) is 3.28.